The Morgan fingerprint density at radius 2 is 2.25 bits per heavy atom. The Labute approximate surface area is 98.0 Å². The van der Waals surface area contributed by atoms with Crippen LogP contribution in [0.25, 0.3) is 0 Å². The summed E-state index contributed by atoms with van der Waals surface area (Å²) in [6.45, 7) is 7.57. The molecule has 3 atom stereocenters. The lowest BCUT2D eigenvalue weighted by molar-refractivity contribution is 0.0748. The topological polar surface area (TPSA) is 52.6 Å². The van der Waals surface area contributed by atoms with Crippen LogP contribution in [-0.2, 0) is 0 Å². The number of nitrogens with one attached hydrogen (secondary N) is 1. The summed E-state index contributed by atoms with van der Waals surface area (Å²) in [4.78, 5) is 13.4. The molecule has 94 valence electrons. The van der Waals surface area contributed by atoms with Gasteiger partial charge in [-0.1, -0.05) is 20.3 Å². The van der Waals surface area contributed by atoms with Crippen LogP contribution in [-0.4, -0.2) is 41.3 Å². The second-order valence-electron chi connectivity index (χ2n) is 4.71. The number of nitrogens with zero attached hydrogens (tertiary/aromatic N) is 1. The molecule has 4 heteroatoms. The highest BCUT2D eigenvalue weighted by Gasteiger charge is 2.30. The van der Waals surface area contributed by atoms with Crippen LogP contribution in [0.4, 0.5) is 4.79 Å². The van der Waals surface area contributed by atoms with Crippen molar-refractivity contribution in [1.82, 2.24) is 10.2 Å². The first-order chi connectivity index (χ1) is 7.60. The van der Waals surface area contributed by atoms with E-state index in [1.54, 1.807) is 0 Å². The maximum absolute atomic E-state index is 11.5. The van der Waals surface area contributed by atoms with Crippen LogP contribution >= 0.6 is 0 Å². The van der Waals surface area contributed by atoms with Gasteiger partial charge in [-0.15, -0.1) is 0 Å². The SMILES string of the molecule is CCCC(O)C(CC)CN1C(=O)NCC1C. The maximum atomic E-state index is 11.5. The third-order valence-corrected chi connectivity index (χ3v) is 3.43. The van der Waals surface area contributed by atoms with Crippen LogP contribution in [0.5, 0.6) is 0 Å². The number of aliphatic hydroxyl groups is 1. The molecule has 2 N–H and O–H groups in total. The summed E-state index contributed by atoms with van der Waals surface area (Å²) < 4.78 is 0. The van der Waals surface area contributed by atoms with E-state index in [2.05, 4.69) is 19.2 Å². The number of urea groups is 1. The van der Waals surface area contributed by atoms with Gasteiger partial charge in [-0.25, -0.2) is 4.79 Å². The molecular formula is C12H24N2O2. The number of carbonyl (C=O) groups is 1. The number of aliphatic hydroxyl groups excluding tert-OH is 1. The van der Waals surface area contributed by atoms with E-state index in [-0.39, 0.29) is 24.1 Å². The average Bonchev–Trinajstić information content (AvgIpc) is 2.56. The minimum absolute atomic E-state index is 0.00893. The first-order valence-corrected chi connectivity index (χ1v) is 6.32. The quantitative estimate of drug-likeness (QED) is 0.725. The van der Waals surface area contributed by atoms with Crippen LogP contribution in [0.15, 0.2) is 0 Å². The van der Waals surface area contributed by atoms with Gasteiger partial charge in [0.2, 0.25) is 0 Å². The molecule has 2 amide bonds. The van der Waals surface area contributed by atoms with Gasteiger partial charge >= 0.3 is 6.03 Å². The summed E-state index contributed by atoms with van der Waals surface area (Å²) in [6, 6.07) is 0.255. The summed E-state index contributed by atoms with van der Waals surface area (Å²) in [7, 11) is 0. The Morgan fingerprint density at radius 1 is 1.56 bits per heavy atom. The Kier molecular flexibility index (Phi) is 5.06. The molecule has 0 saturated carbocycles. The zero-order chi connectivity index (χ0) is 12.1. The minimum Gasteiger partial charge on any atom is -0.393 e. The van der Waals surface area contributed by atoms with Gasteiger partial charge in [0, 0.05) is 25.0 Å². The number of rotatable bonds is 6. The largest absolute Gasteiger partial charge is 0.393 e. The standard InChI is InChI=1S/C12H24N2O2/c1-4-6-11(15)10(5-2)8-14-9(3)7-13-12(14)16/h9-11,15H,4-8H2,1-3H3,(H,13,16). The third-order valence-electron chi connectivity index (χ3n) is 3.43. The Morgan fingerprint density at radius 3 is 2.69 bits per heavy atom. The van der Waals surface area contributed by atoms with Gasteiger partial charge in [0.05, 0.1) is 6.10 Å². The normalized spacial score (nSPS) is 24.4. The average molecular weight is 228 g/mol. The molecule has 1 saturated heterocycles. The highest BCUT2D eigenvalue weighted by molar-refractivity contribution is 5.76. The highest BCUT2D eigenvalue weighted by atomic mass is 16.3. The van der Waals surface area contributed by atoms with Crippen molar-refractivity contribution < 1.29 is 9.90 Å². The molecule has 0 aliphatic carbocycles. The van der Waals surface area contributed by atoms with Crippen molar-refractivity contribution >= 4 is 6.03 Å². The van der Waals surface area contributed by atoms with Crippen molar-refractivity contribution in [1.29, 1.82) is 0 Å². The van der Waals surface area contributed by atoms with E-state index >= 15 is 0 Å². The van der Waals surface area contributed by atoms with Gasteiger partial charge in [-0.2, -0.15) is 0 Å². The number of amides is 2. The summed E-state index contributed by atoms with van der Waals surface area (Å²) in [6.07, 6.45) is 2.44. The van der Waals surface area contributed by atoms with Gasteiger partial charge < -0.3 is 15.3 Å². The Hall–Kier alpha value is -0.770. The number of carbonyl (C=O) groups excluding carboxylic acids is 1. The molecule has 1 heterocycles. The van der Waals surface area contributed by atoms with E-state index in [9.17, 15) is 9.90 Å². The molecule has 1 aliphatic heterocycles. The fourth-order valence-electron chi connectivity index (χ4n) is 2.22. The van der Waals surface area contributed by atoms with E-state index < -0.39 is 0 Å². The van der Waals surface area contributed by atoms with Crippen molar-refractivity contribution in [2.45, 2.75) is 52.2 Å². The predicted molar refractivity (Wildman–Crippen MR) is 64.3 cm³/mol. The van der Waals surface area contributed by atoms with Crippen LogP contribution in [0.1, 0.15) is 40.0 Å². The summed E-state index contributed by atoms with van der Waals surface area (Å²) >= 11 is 0. The monoisotopic (exact) mass is 228 g/mol. The van der Waals surface area contributed by atoms with E-state index in [1.165, 1.54) is 0 Å². The molecule has 16 heavy (non-hydrogen) atoms. The minimum atomic E-state index is -0.282. The van der Waals surface area contributed by atoms with Crippen LogP contribution in [0.2, 0.25) is 0 Å². The zero-order valence-corrected chi connectivity index (χ0v) is 10.6. The number of hydrogen-bond acceptors (Lipinski definition) is 2. The van der Waals surface area contributed by atoms with Crippen molar-refractivity contribution in [3.8, 4) is 0 Å². The van der Waals surface area contributed by atoms with Gasteiger partial charge in [-0.05, 0) is 19.8 Å². The van der Waals surface area contributed by atoms with Crippen molar-refractivity contribution in [3.05, 3.63) is 0 Å². The second kappa shape index (κ2) is 6.09. The molecule has 1 fully saturated rings. The number of hydrogen-bond donors (Lipinski definition) is 2. The molecule has 0 bridgehead atoms. The van der Waals surface area contributed by atoms with E-state index in [4.69, 9.17) is 0 Å². The molecule has 1 rings (SSSR count). The lowest BCUT2D eigenvalue weighted by Crippen LogP contribution is -2.40. The van der Waals surface area contributed by atoms with Gasteiger partial charge in [0.1, 0.15) is 0 Å². The molecule has 1 aliphatic rings. The summed E-state index contributed by atoms with van der Waals surface area (Å²) in [5.74, 6) is 0.200. The van der Waals surface area contributed by atoms with Gasteiger partial charge in [-0.3, -0.25) is 0 Å². The second-order valence-corrected chi connectivity index (χ2v) is 4.71. The van der Waals surface area contributed by atoms with E-state index in [1.807, 2.05) is 11.8 Å². The van der Waals surface area contributed by atoms with Crippen LogP contribution in [0, 0.1) is 5.92 Å². The zero-order valence-electron chi connectivity index (χ0n) is 10.6. The van der Waals surface area contributed by atoms with Gasteiger partial charge in [0.25, 0.3) is 0 Å². The Bertz CT molecular complexity index is 233. The molecule has 0 aromatic rings. The highest BCUT2D eigenvalue weighted by Crippen LogP contribution is 2.18. The fourth-order valence-corrected chi connectivity index (χ4v) is 2.22. The molecule has 0 radical (unpaired) electrons. The van der Waals surface area contributed by atoms with Crippen molar-refractivity contribution in [2.24, 2.45) is 5.92 Å². The van der Waals surface area contributed by atoms with Crippen molar-refractivity contribution in [3.63, 3.8) is 0 Å². The summed E-state index contributed by atoms with van der Waals surface area (Å²) in [5.41, 5.74) is 0. The van der Waals surface area contributed by atoms with Crippen LogP contribution < -0.4 is 5.32 Å². The molecule has 4 nitrogen and oxygen atoms in total. The first-order valence-electron chi connectivity index (χ1n) is 6.32. The predicted octanol–water partition coefficient (Wildman–Crippen LogP) is 1.59. The summed E-state index contributed by atoms with van der Waals surface area (Å²) in [5, 5.41) is 12.8. The lowest BCUT2D eigenvalue weighted by atomic mass is 9.95. The van der Waals surface area contributed by atoms with E-state index in [0.717, 1.165) is 25.8 Å². The maximum Gasteiger partial charge on any atom is 0.317 e. The molecular weight excluding hydrogens is 204 g/mol. The first kappa shape index (κ1) is 13.3. The van der Waals surface area contributed by atoms with Crippen LogP contribution in [0.3, 0.4) is 0 Å². The smallest absolute Gasteiger partial charge is 0.317 e. The fraction of sp³-hybridized carbons (Fsp3) is 0.917. The van der Waals surface area contributed by atoms with E-state index in [0.29, 0.717) is 6.54 Å². The van der Waals surface area contributed by atoms with Gasteiger partial charge in [0.15, 0.2) is 0 Å². The molecule has 0 spiro atoms. The third kappa shape index (κ3) is 3.11. The molecule has 0 aromatic carbocycles. The molecule has 3 unspecified atom stereocenters. The Balaban J connectivity index is 2.52. The van der Waals surface area contributed by atoms with Crippen molar-refractivity contribution in [2.75, 3.05) is 13.1 Å². The molecule has 0 aromatic heterocycles. The lowest BCUT2D eigenvalue weighted by Gasteiger charge is -2.28.